The molecule has 1 aromatic carbocycles. The van der Waals surface area contributed by atoms with Crippen LogP contribution in [0.4, 0.5) is 0 Å². The summed E-state index contributed by atoms with van der Waals surface area (Å²) in [5.41, 5.74) is 0. The van der Waals surface area contributed by atoms with Crippen molar-refractivity contribution in [2.45, 2.75) is 39.3 Å². The Morgan fingerprint density at radius 3 is 2.45 bits per heavy atom. The Bertz CT molecular complexity index is 481. The minimum atomic E-state index is -3.66. The SMILES string of the molecule is CCC(NP(=O)(Cl)Oc1ccccc1)C(=O)OC(C)C. The number of rotatable bonds is 7. The fourth-order valence-corrected chi connectivity index (χ4v) is 3.15. The van der Waals surface area contributed by atoms with Crippen LogP contribution in [0.1, 0.15) is 27.2 Å². The van der Waals surface area contributed by atoms with Crippen molar-refractivity contribution in [1.82, 2.24) is 5.09 Å². The van der Waals surface area contributed by atoms with Crippen molar-refractivity contribution in [3.05, 3.63) is 30.3 Å². The number of carbonyl (C=O) groups excluding carboxylic acids is 1. The number of nitrogens with one attached hydrogen (secondary N) is 1. The van der Waals surface area contributed by atoms with E-state index in [1.807, 2.05) is 0 Å². The van der Waals surface area contributed by atoms with Crippen LogP contribution in [0.2, 0.25) is 0 Å². The standard InChI is InChI=1S/C13H19ClNO4P/c1-4-12(13(16)18-10(2)3)15-20(14,17)19-11-8-6-5-7-9-11/h5-10,12H,4H2,1-3H3,(H,15,17). The summed E-state index contributed by atoms with van der Waals surface area (Å²) in [7, 11) is 0. The van der Waals surface area contributed by atoms with Crippen LogP contribution >= 0.6 is 18.1 Å². The fraction of sp³-hybridized carbons (Fsp3) is 0.462. The van der Waals surface area contributed by atoms with Crippen molar-refractivity contribution in [1.29, 1.82) is 0 Å². The van der Waals surface area contributed by atoms with Gasteiger partial charge in [0, 0.05) is 11.2 Å². The molecule has 0 heterocycles. The molecular weight excluding hydrogens is 301 g/mol. The average molecular weight is 320 g/mol. The Morgan fingerprint density at radius 2 is 1.95 bits per heavy atom. The summed E-state index contributed by atoms with van der Waals surface area (Å²) in [5, 5.41) is 2.52. The summed E-state index contributed by atoms with van der Waals surface area (Å²) in [6, 6.07) is 7.75. The van der Waals surface area contributed by atoms with Crippen molar-refractivity contribution in [3.63, 3.8) is 0 Å². The van der Waals surface area contributed by atoms with Gasteiger partial charge in [0.1, 0.15) is 11.8 Å². The molecule has 112 valence electrons. The number of carbonyl (C=O) groups is 1. The highest BCUT2D eigenvalue weighted by atomic mass is 35.7. The Kier molecular flexibility index (Phi) is 6.53. The van der Waals surface area contributed by atoms with E-state index in [9.17, 15) is 9.36 Å². The minimum absolute atomic E-state index is 0.247. The lowest BCUT2D eigenvalue weighted by Crippen LogP contribution is -2.36. The molecule has 0 amide bonds. The van der Waals surface area contributed by atoms with E-state index < -0.39 is 18.9 Å². The second-order valence-corrected chi connectivity index (χ2v) is 7.19. The van der Waals surface area contributed by atoms with Crippen molar-refractivity contribution in [2.24, 2.45) is 0 Å². The largest absolute Gasteiger partial charge is 0.462 e. The summed E-state index contributed by atoms with van der Waals surface area (Å²) >= 11 is 5.84. The van der Waals surface area contributed by atoms with Crippen molar-refractivity contribution in [3.8, 4) is 5.75 Å². The number of hydrogen-bond donors (Lipinski definition) is 1. The van der Waals surface area contributed by atoms with E-state index in [-0.39, 0.29) is 6.10 Å². The smallest absolute Gasteiger partial charge is 0.409 e. The van der Waals surface area contributed by atoms with Crippen LogP contribution in [0, 0.1) is 0 Å². The third-order valence-corrected chi connectivity index (χ3v) is 3.89. The Labute approximate surface area is 123 Å². The van der Waals surface area contributed by atoms with Crippen molar-refractivity contribution in [2.75, 3.05) is 0 Å². The lowest BCUT2D eigenvalue weighted by Gasteiger charge is -2.21. The van der Waals surface area contributed by atoms with Gasteiger partial charge in [-0.15, -0.1) is 0 Å². The highest BCUT2D eigenvalue weighted by Crippen LogP contribution is 2.48. The van der Waals surface area contributed by atoms with Crippen LogP contribution in [-0.2, 0) is 14.1 Å². The molecule has 0 aliphatic heterocycles. The van der Waals surface area contributed by atoms with Gasteiger partial charge in [-0.3, -0.25) is 4.79 Å². The summed E-state index contributed by atoms with van der Waals surface area (Å²) in [5.74, 6) is -0.134. The van der Waals surface area contributed by atoms with Gasteiger partial charge < -0.3 is 9.26 Å². The van der Waals surface area contributed by atoms with Crippen LogP contribution in [-0.4, -0.2) is 18.1 Å². The third kappa shape index (κ3) is 5.95. The van der Waals surface area contributed by atoms with Gasteiger partial charge >= 0.3 is 12.8 Å². The zero-order valence-electron chi connectivity index (χ0n) is 11.7. The lowest BCUT2D eigenvalue weighted by atomic mass is 10.2. The number of halogens is 1. The van der Waals surface area contributed by atoms with Gasteiger partial charge in [-0.2, -0.15) is 0 Å². The minimum Gasteiger partial charge on any atom is -0.462 e. The maximum Gasteiger partial charge on any atom is 0.409 e. The lowest BCUT2D eigenvalue weighted by molar-refractivity contribution is -0.149. The second kappa shape index (κ2) is 7.67. The Balaban J connectivity index is 2.68. The molecule has 2 atom stereocenters. The van der Waals surface area contributed by atoms with Crippen molar-refractivity contribution >= 4 is 24.1 Å². The Hall–Kier alpha value is -1.03. The number of para-hydroxylation sites is 1. The summed E-state index contributed by atoms with van der Waals surface area (Å²) in [6.45, 7) is 1.58. The number of hydrogen-bond acceptors (Lipinski definition) is 4. The maximum absolute atomic E-state index is 12.2. The number of ether oxygens (including phenoxy) is 1. The van der Waals surface area contributed by atoms with Crippen LogP contribution in [0.3, 0.4) is 0 Å². The molecule has 2 unspecified atom stereocenters. The summed E-state index contributed by atoms with van der Waals surface area (Å²) < 4.78 is 22.4. The van der Waals surface area contributed by atoms with Crippen LogP contribution in [0.5, 0.6) is 5.75 Å². The van der Waals surface area contributed by atoms with Gasteiger partial charge in [0.25, 0.3) is 0 Å². The molecule has 0 bridgehead atoms. The zero-order chi connectivity index (χ0) is 15.2. The molecule has 0 saturated carbocycles. The van der Waals surface area contributed by atoms with E-state index in [0.29, 0.717) is 12.2 Å². The van der Waals surface area contributed by atoms with Gasteiger partial charge in [0.05, 0.1) is 6.10 Å². The molecule has 0 aliphatic rings. The first-order chi connectivity index (χ1) is 9.34. The zero-order valence-corrected chi connectivity index (χ0v) is 13.4. The number of esters is 1. The topological polar surface area (TPSA) is 64.6 Å². The second-order valence-electron chi connectivity index (χ2n) is 4.46. The van der Waals surface area contributed by atoms with Crippen LogP contribution in [0.25, 0.3) is 0 Å². The predicted molar refractivity (Wildman–Crippen MR) is 79.0 cm³/mol. The quantitative estimate of drug-likeness (QED) is 0.612. The molecule has 20 heavy (non-hydrogen) atoms. The third-order valence-electron chi connectivity index (χ3n) is 2.32. The molecule has 7 heteroatoms. The first-order valence-corrected chi connectivity index (χ1v) is 8.89. The van der Waals surface area contributed by atoms with Gasteiger partial charge in [-0.05, 0) is 32.4 Å². The van der Waals surface area contributed by atoms with E-state index in [1.165, 1.54) is 0 Å². The average Bonchev–Trinajstić information content (AvgIpc) is 2.35. The van der Waals surface area contributed by atoms with Crippen molar-refractivity contribution < 1.29 is 18.6 Å². The van der Waals surface area contributed by atoms with E-state index in [1.54, 1.807) is 51.1 Å². The highest BCUT2D eigenvalue weighted by molar-refractivity contribution is 7.84. The molecule has 0 spiro atoms. The summed E-state index contributed by atoms with van der Waals surface area (Å²) in [6.07, 6.45) is 0.142. The van der Waals surface area contributed by atoms with E-state index in [2.05, 4.69) is 5.09 Å². The normalized spacial score (nSPS) is 15.4. The van der Waals surface area contributed by atoms with Gasteiger partial charge in [0.15, 0.2) is 0 Å². The predicted octanol–water partition coefficient (Wildman–Crippen LogP) is 3.73. The van der Waals surface area contributed by atoms with Crippen LogP contribution < -0.4 is 9.61 Å². The molecule has 1 rings (SSSR count). The van der Waals surface area contributed by atoms with Crippen LogP contribution in [0.15, 0.2) is 30.3 Å². The molecule has 0 aromatic heterocycles. The van der Waals surface area contributed by atoms with Gasteiger partial charge in [0.2, 0.25) is 0 Å². The fourth-order valence-electron chi connectivity index (χ4n) is 1.45. The first-order valence-electron chi connectivity index (χ1n) is 6.36. The molecular formula is C13H19ClNO4P. The van der Waals surface area contributed by atoms with E-state index in [0.717, 1.165) is 0 Å². The molecule has 0 saturated heterocycles. The van der Waals surface area contributed by atoms with E-state index >= 15 is 0 Å². The molecule has 1 N–H and O–H groups in total. The molecule has 1 aromatic rings. The molecule has 0 fully saturated rings. The van der Waals surface area contributed by atoms with E-state index in [4.69, 9.17) is 20.5 Å². The van der Waals surface area contributed by atoms with Gasteiger partial charge in [-0.25, -0.2) is 9.65 Å². The first kappa shape index (κ1) is 17.0. The van der Waals surface area contributed by atoms with Gasteiger partial charge in [-0.1, -0.05) is 25.1 Å². The molecule has 5 nitrogen and oxygen atoms in total. The molecule has 0 radical (unpaired) electrons. The monoisotopic (exact) mass is 319 g/mol. The Morgan fingerprint density at radius 1 is 1.35 bits per heavy atom. The maximum atomic E-state index is 12.2. The number of benzene rings is 1. The molecule has 0 aliphatic carbocycles. The summed E-state index contributed by atoms with van der Waals surface area (Å²) in [4.78, 5) is 11.8. The highest BCUT2D eigenvalue weighted by Gasteiger charge is 2.30.